The van der Waals surface area contributed by atoms with E-state index in [-0.39, 0.29) is 0 Å². The van der Waals surface area contributed by atoms with Crippen LogP contribution in [-0.2, 0) is 13.0 Å². The van der Waals surface area contributed by atoms with Gasteiger partial charge in [-0.3, -0.25) is 9.80 Å². The zero-order valence-corrected chi connectivity index (χ0v) is 17.1. The average molecular weight is 383 g/mol. The lowest BCUT2D eigenvalue weighted by Crippen LogP contribution is -2.47. The van der Waals surface area contributed by atoms with Crippen LogP contribution < -0.4 is 0 Å². The number of hydrogen-bond donors (Lipinski definition) is 0. The normalized spacial score (nSPS) is 18.7. The lowest BCUT2D eigenvalue weighted by molar-refractivity contribution is 0.0843. The Morgan fingerprint density at radius 1 is 0.621 bits per heavy atom. The quantitative estimate of drug-likeness (QED) is 0.604. The van der Waals surface area contributed by atoms with Crippen molar-refractivity contribution in [1.29, 1.82) is 0 Å². The molecule has 5 rings (SSSR count). The van der Waals surface area contributed by atoms with Gasteiger partial charge in [-0.25, -0.2) is 0 Å². The fraction of sp³-hybridized carbons (Fsp3) is 0.333. The van der Waals surface area contributed by atoms with E-state index >= 15 is 0 Å². The largest absolute Gasteiger partial charge is 0.296 e. The third-order valence-electron chi connectivity index (χ3n) is 6.77. The molecule has 0 unspecified atom stereocenters. The van der Waals surface area contributed by atoms with Crippen LogP contribution in [0.4, 0.5) is 0 Å². The van der Waals surface area contributed by atoms with Crippen molar-refractivity contribution in [2.45, 2.75) is 37.9 Å². The first-order valence-corrected chi connectivity index (χ1v) is 11.0. The summed E-state index contributed by atoms with van der Waals surface area (Å²) >= 11 is 0. The number of hydrogen-bond acceptors (Lipinski definition) is 2. The predicted octanol–water partition coefficient (Wildman–Crippen LogP) is 5.30. The fourth-order valence-corrected chi connectivity index (χ4v) is 5.22. The summed E-state index contributed by atoms with van der Waals surface area (Å²) < 4.78 is 0. The molecule has 0 bridgehead atoms. The zero-order valence-electron chi connectivity index (χ0n) is 17.1. The van der Waals surface area contributed by atoms with Crippen molar-refractivity contribution in [3.05, 3.63) is 107 Å². The van der Waals surface area contributed by atoms with Gasteiger partial charge >= 0.3 is 0 Å². The van der Waals surface area contributed by atoms with Crippen molar-refractivity contribution in [1.82, 2.24) is 9.80 Å². The van der Waals surface area contributed by atoms with Gasteiger partial charge < -0.3 is 0 Å². The molecule has 1 fully saturated rings. The summed E-state index contributed by atoms with van der Waals surface area (Å²) in [6, 6.07) is 32.1. The fourth-order valence-electron chi connectivity index (χ4n) is 5.22. The molecule has 0 amide bonds. The second-order valence-corrected chi connectivity index (χ2v) is 8.48. The molecule has 0 atom stereocenters. The minimum absolute atomic E-state index is 0.362. The van der Waals surface area contributed by atoms with E-state index in [2.05, 4.69) is 94.7 Å². The molecule has 29 heavy (non-hydrogen) atoms. The summed E-state index contributed by atoms with van der Waals surface area (Å²) in [5.41, 5.74) is 5.90. The molecule has 3 aromatic rings. The summed E-state index contributed by atoms with van der Waals surface area (Å²) in [6.07, 6.45) is 3.73. The highest BCUT2D eigenvalue weighted by atomic mass is 15.2. The smallest absolute Gasteiger partial charge is 0.0601 e. The van der Waals surface area contributed by atoms with Crippen molar-refractivity contribution in [3.8, 4) is 0 Å². The van der Waals surface area contributed by atoms with Crippen LogP contribution in [0, 0.1) is 0 Å². The molecule has 0 radical (unpaired) electrons. The monoisotopic (exact) mass is 382 g/mol. The van der Waals surface area contributed by atoms with Crippen LogP contribution in [0.15, 0.2) is 84.9 Å². The van der Waals surface area contributed by atoms with Gasteiger partial charge in [0.2, 0.25) is 0 Å². The van der Waals surface area contributed by atoms with E-state index in [1.807, 2.05) is 0 Å². The standard InChI is InChI=1S/C27H30N2/c1-3-10-23(11-4-1)27(24-12-5-2-6-13-24)28-19-16-26(17-20-28)29-18-15-22-9-7-8-14-25(22)21-29/h1-14,26-27H,15-21H2. The van der Waals surface area contributed by atoms with Gasteiger partial charge in [-0.15, -0.1) is 0 Å². The summed E-state index contributed by atoms with van der Waals surface area (Å²) in [6.45, 7) is 4.67. The first-order valence-electron chi connectivity index (χ1n) is 11.0. The van der Waals surface area contributed by atoms with Crippen molar-refractivity contribution >= 4 is 0 Å². The first kappa shape index (κ1) is 18.6. The third kappa shape index (κ3) is 4.01. The summed E-state index contributed by atoms with van der Waals surface area (Å²) in [5.74, 6) is 0. The van der Waals surface area contributed by atoms with Crippen LogP contribution in [-0.4, -0.2) is 35.5 Å². The molecule has 2 aliphatic rings. The molecular weight excluding hydrogens is 352 g/mol. The van der Waals surface area contributed by atoms with E-state index in [0.717, 1.165) is 19.6 Å². The summed E-state index contributed by atoms with van der Waals surface area (Å²) in [7, 11) is 0. The van der Waals surface area contributed by atoms with Crippen LogP contribution in [0.2, 0.25) is 0 Å². The Labute approximate surface area is 174 Å². The highest BCUT2D eigenvalue weighted by molar-refractivity contribution is 5.32. The molecule has 148 valence electrons. The number of fused-ring (bicyclic) bond motifs is 1. The maximum absolute atomic E-state index is 2.74. The van der Waals surface area contributed by atoms with Gasteiger partial charge in [-0.2, -0.15) is 0 Å². The van der Waals surface area contributed by atoms with E-state index in [1.165, 1.54) is 42.5 Å². The zero-order chi connectivity index (χ0) is 19.5. The number of benzene rings is 3. The van der Waals surface area contributed by atoms with E-state index in [1.54, 1.807) is 5.56 Å². The SMILES string of the molecule is c1ccc(C(c2ccccc2)N2CCC(N3CCc4ccccc4C3)CC2)cc1. The molecule has 2 nitrogen and oxygen atoms in total. The number of rotatable bonds is 4. The maximum atomic E-state index is 2.74. The van der Waals surface area contributed by atoms with E-state index in [0.29, 0.717) is 12.1 Å². The van der Waals surface area contributed by atoms with Crippen LogP contribution in [0.5, 0.6) is 0 Å². The highest BCUT2D eigenvalue weighted by Crippen LogP contribution is 2.33. The summed E-state index contributed by atoms with van der Waals surface area (Å²) in [4.78, 5) is 5.43. The van der Waals surface area contributed by atoms with Gasteiger partial charge in [-0.1, -0.05) is 84.9 Å². The van der Waals surface area contributed by atoms with Crippen LogP contribution >= 0.6 is 0 Å². The second-order valence-electron chi connectivity index (χ2n) is 8.48. The van der Waals surface area contributed by atoms with Crippen molar-refractivity contribution in [3.63, 3.8) is 0 Å². The van der Waals surface area contributed by atoms with E-state index < -0.39 is 0 Å². The molecule has 0 N–H and O–H groups in total. The average Bonchev–Trinajstić information content (AvgIpc) is 2.81. The molecule has 0 spiro atoms. The Morgan fingerprint density at radius 3 is 1.79 bits per heavy atom. The molecule has 0 aromatic heterocycles. The molecular formula is C27H30N2. The lowest BCUT2D eigenvalue weighted by Gasteiger charge is -2.43. The van der Waals surface area contributed by atoms with Gasteiger partial charge in [0.15, 0.2) is 0 Å². The predicted molar refractivity (Wildman–Crippen MR) is 120 cm³/mol. The van der Waals surface area contributed by atoms with Gasteiger partial charge in [0.1, 0.15) is 0 Å². The molecule has 0 aliphatic carbocycles. The Bertz CT molecular complexity index is 874. The van der Waals surface area contributed by atoms with Crippen molar-refractivity contribution in [2.75, 3.05) is 19.6 Å². The maximum Gasteiger partial charge on any atom is 0.0601 e. The number of likely N-dealkylation sites (tertiary alicyclic amines) is 1. The molecule has 1 saturated heterocycles. The highest BCUT2D eigenvalue weighted by Gasteiger charge is 2.31. The van der Waals surface area contributed by atoms with E-state index in [4.69, 9.17) is 0 Å². The van der Waals surface area contributed by atoms with Gasteiger partial charge in [0.25, 0.3) is 0 Å². The molecule has 2 heteroatoms. The van der Waals surface area contributed by atoms with Gasteiger partial charge in [0.05, 0.1) is 6.04 Å². The molecule has 0 saturated carbocycles. The topological polar surface area (TPSA) is 6.48 Å². The first-order chi connectivity index (χ1) is 14.4. The number of piperidine rings is 1. The van der Waals surface area contributed by atoms with Crippen LogP contribution in [0.3, 0.4) is 0 Å². The van der Waals surface area contributed by atoms with E-state index in [9.17, 15) is 0 Å². The summed E-state index contributed by atoms with van der Waals surface area (Å²) in [5, 5.41) is 0. The van der Waals surface area contributed by atoms with Gasteiger partial charge in [0, 0.05) is 32.2 Å². The Hall–Kier alpha value is -2.42. The van der Waals surface area contributed by atoms with Crippen molar-refractivity contribution in [2.24, 2.45) is 0 Å². The molecule has 2 heterocycles. The number of nitrogens with zero attached hydrogens (tertiary/aromatic N) is 2. The lowest BCUT2D eigenvalue weighted by atomic mass is 9.92. The van der Waals surface area contributed by atoms with Crippen LogP contribution in [0.1, 0.15) is 41.1 Å². The Morgan fingerprint density at radius 2 is 1.17 bits per heavy atom. The minimum atomic E-state index is 0.362. The second kappa shape index (κ2) is 8.52. The van der Waals surface area contributed by atoms with Crippen LogP contribution in [0.25, 0.3) is 0 Å². The minimum Gasteiger partial charge on any atom is -0.296 e. The Balaban J connectivity index is 1.30. The molecule has 2 aliphatic heterocycles. The third-order valence-corrected chi connectivity index (χ3v) is 6.77. The Kier molecular flexibility index (Phi) is 5.47. The van der Waals surface area contributed by atoms with Gasteiger partial charge in [-0.05, 0) is 41.5 Å². The van der Waals surface area contributed by atoms with Crippen molar-refractivity contribution < 1.29 is 0 Å². The molecule has 3 aromatic carbocycles.